The Morgan fingerprint density at radius 1 is 0.382 bits per heavy atom. The maximum Gasteiger partial charge on any atom is 0.137 e. The van der Waals surface area contributed by atoms with Crippen LogP contribution in [0, 0.1) is 0 Å². The zero-order valence-corrected chi connectivity index (χ0v) is 30.8. The van der Waals surface area contributed by atoms with E-state index in [4.69, 9.17) is 13.8 Å². The van der Waals surface area contributed by atoms with E-state index in [1.54, 1.807) is 11.3 Å². The van der Waals surface area contributed by atoms with Crippen LogP contribution in [0.25, 0.3) is 96.0 Å². The number of furan rings is 2. The summed E-state index contributed by atoms with van der Waals surface area (Å²) in [5.74, 6) is 0. The third kappa shape index (κ3) is 4.85. The number of benzene rings is 8. The van der Waals surface area contributed by atoms with Crippen LogP contribution < -0.4 is 4.90 Å². The predicted octanol–water partition coefficient (Wildman–Crippen LogP) is 15.3. The summed E-state index contributed by atoms with van der Waals surface area (Å²) in [6.07, 6.45) is 0. The van der Waals surface area contributed by atoms with E-state index in [9.17, 15) is 0 Å². The molecular formula is C49H28N2O2S2. The molecule has 0 bridgehead atoms. The van der Waals surface area contributed by atoms with Crippen molar-refractivity contribution in [3.05, 3.63) is 170 Å². The average molecular weight is 741 g/mol. The van der Waals surface area contributed by atoms with Gasteiger partial charge in [-0.2, -0.15) is 0 Å². The molecule has 0 spiro atoms. The molecule has 4 aromatic heterocycles. The van der Waals surface area contributed by atoms with Crippen molar-refractivity contribution < 1.29 is 8.83 Å². The van der Waals surface area contributed by atoms with Gasteiger partial charge in [-0.25, -0.2) is 4.98 Å². The molecular weight excluding hydrogens is 713 g/mol. The van der Waals surface area contributed by atoms with Crippen LogP contribution >= 0.6 is 22.7 Å². The summed E-state index contributed by atoms with van der Waals surface area (Å²) in [6, 6.07) is 60.1. The van der Waals surface area contributed by atoms with Crippen LogP contribution in [0.2, 0.25) is 0 Å². The number of hydrogen-bond donors (Lipinski definition) is 0. The number of fused-ring (bicyclic) bond motifs is 11. The van der Waals surface area contributed by atoms with E-state index in [2.05, 4.69) is 150 Å². The van der Waals surface area contributed by atoms with E-state index in [-0.39, 0.29) is 0 Å². The average Bonchev–Trinajstić information content (AvgIpc) is 4.02. The van der Waals surface area contributed by atoms with Gasteiger partial charge in [0.05, 0.1) is 10.2 Å². The fourth-order valence-corrected chi connectivity index (χ4v) is 10.2. The van der Waals surface area contributed by atoms with Crippen molar-refractivity contribution in [1.29, 1.82) is 0 Å². The van der Waals surface area contributed by atoms with Crippen LogP contribution in [0.15, 0.2) is 179 Å². The largest absolute Gasteiger partial charge is 0.456 e. The summed E-state index contributed by atoms with van der Waals surface area (Å²) in [4.78, 5) is 7.50. The molecule has 0 saturated heterocycles. The molecule has 12 aromatic rings. The highest BCUT2D eigenvalue weighted by molar-refractivity contribution is 7.26. The molecule has 0 aliphatic carbocycles. The van der Waals surface area contributed by atoms with Gasteiger partial charge < -0.3 is 13.7 Å². The van der Waals surface area contributed by atoms with Crippen LogP contribution in [0.5, 0.6) is 0 Å². The molecule has 0 unspecified atom stereocenters. The van der Waals surface area contributed by atoms with Gasteiger partial charge in [-0.1, -0.05) is 84.9 Å². The van der Waals surface area contributed by atoms with E-state index in [1.165, 1.54) is 30.4 Å². The van der Waals surface area contributed by atoms with Crippen LogP contribution in [0.3, 0.4) is 0 Å². The van der Waals surface area contributed by atoms with Crippen LogP contribution in [0.4, 0.5) is 17.1 Å². The normalized spacial score (nSPS) is 12.0. The summed E-state index contributed by atoms with van der Waals surface area (Å²) in [5.41, 5.74) is 11.2. The molecule has 0 fully saturated rings. The number of nitrogens with zero attached hydrogens (tertiary/aromatic N) is 2. The standard InChI is InChI=1S/C49H28N2O2S2/c1-2-8-30(9-3-1)49-50-48-46(55-49)25-24-45-47(48)39-26-31(16-23-44(39)54-45)29-14-17-32(18-15-29)51(33-20-22-42-38(27-33)36-11-5-7-13-41(36)52-42)34-19-21-37-35-10-4-6-12-40(35)53-43(37)28-34/h1-28H. The first-order chi connectivity index (χ1) is 27.2. The van der Waals surface area contributed by atoms with E-state index in [1.807, 2.05) is 35.6 Å². The van der Waals surface area contributed by atoms with Gasteiger partial charge in [-0.05, 0) is 90.0 Å². The lowest BCUT2D eigenvalue weighted by molar-refractivity contribution is 0.668. The maximum absolute atomic E-state index is 6.37. The fourth-order valence-electron chi connectivity index (χ4n) is 8.09. The Hall–Kier alpha value is -6.73. The lowest BCUT2D eigenvalue weighted by Gasteiger charge is -2.25. The van der Waals surface area contributed by atoms with Crippen molar-refractivity contribution >= 4 is 114 Å². The minimum atomic E-state index is 0.858. The Bertz CT molecular complexity index is 3440. The highest BCUT2D eigenvalue weighted by Crippen LogP contribution is 2.44. The van der Waals surface area contributed by atoms with Gasteiger partial charge in [-0.15, -0.1) is 22.7 Å². The molecule has 12 rings (SSSR count). The molecule has 8 aromatic carbocycles. The highest BCUT2D eigenvalue weighted by atomic mass is 32.1. The monoisotopic (exact) mass is 740 g/mol. The third-order valence-corrected chi connectivity index (χ3v) is 12.9. The summed E-state index contributed by atoms with van der Waals surface area (Å²) < 4.78 is 16.3. The van der Waals surface area contributed by atoms with Crippen LogP contribution in [-0.4, -0.2) is 4.98 Å². The molecule has 6 heteroatoms. The summed E-state index contributed by atoms with van der Waals surface area (Å²) in [5, 5.41) is 7.95. The van der Waals surface area contributed by atoms with Crippen molar-refractivity contribution in [2.75, 3.05) is 4.90 Å². The van der Waals surface area contributed by atoms with Crippen LogP contribution in [-0.2, 0) is 0 Å². The van der Waals surface area contributed by atoms with Crippen LogP contribution in [0.1, 0.15) is 0 Å². The third-order valence-electron chi connectivity index (χ3n) is 10.7. The molecule has 0 N–H and O–H groups in total. The van der Waals surface area contributed by atoms with E-state index < -0.39 is 0 Å². The number of anilines is 3. The number of para-hydroxylation sites is 2. The van der Waals surface area contributed by atoms with Crippen molar-refractivity contribution in [3.63, 3.8) is 0 Å². The number of thiophene rings is 1. The first-order valence-corrected chi connectivity index (χ1v) is 19.9. The molecule has 0 radical (unpaired) electrons. The topological polar surface area (TPSA) is 42.4 Å². The molecule has 4 heterocycles. The van der Waals surface area contributed by atoms with Gasteiger partial charge in [0, 0.05) is 70.4 Å². The Kier molecular flexibility index (Phi) is 6.64. The Morgan fingerprint density at radius 3 is 1.84 bits per heavy atom. The summed E-state index contributed by atoms with van der Waals surface area (Å²) in [7, 11) is 0. The van der Waals surface area contributed by atoms with Gasteiger partial charge >= 0.3 is 0 Å². The lowest BCUT2D eigenvalue weighted by Crippen LogP contribution is -2.09. The maximum atomic E-state index is 6.37. The first kappa shape index (κ1) is 30.7. The molecule has 0 atom stereocenters. The summed E-state index contributed by atoms with van der Waals surface area (Å²) >= 11 is 3.59. The lowest BCUT2D eigenvalue weighted by atomic mass is 10.0. The van der Waals surface area contributed by atoms with E-state index in [0.29, 0.717) is 0 Å². The minimum Gasteiger partial charge on any atom is -0.456 e. The van der Waals surface area contributed by atoms with Gasteiger partial charge in [0.25, 0.3) is 0 Å². The van der Waals surface area contributed by atoms with Crippen molar-refractivity contribution in [2.24, 2.45) is 0 Å². The Balaban J connectivity index is 0.984. The van der Waals surface area contributed by atoms with Gasteiger partial charge in [0.2, 0.25) is 0 Å². The second-order valence-corrected chi connectivity index (χ2v) is 16.0. The van der Waals surface area contributed by atoms with Gasteiger partial charge in [-0.3, -0.25) is 0 Å². The quantitative estimate of drug-likeness (QED) is 0.176. The van der Waals surface area contributed by atoms with E-state index >= 15 is 0 Å². The minimum absolute atomic E-state index is 0.858. The zero-order chi connectivity index (χ0) is 36.0. The number of rotatable bonds is 5. The van der Waals surface area contributed by atoms with Gasteiger partial charge in [0.1, 0.15) is 27.3 Å². The second-order valence-electron chi connectivity index (χ2n) is 13.9. The number of aromatic nitrogens is 1. The zero-order valence-electron chi connectivity index (χ0n) is 29.2. The van der Waals surface area contributed by atoms with Crippen molar-refractivity contribution in [1.82, 2.24) is 4.98 Å². The molecule has 0 aliphatic heterocycles. The molecule has 0 saturated carbocycles. The van der Waals surface area contributed by atoms with E-state index in [0.717, 1.165) is 82.6 Å². The number of thiazole rings is 1. The molecule has 55 heavy (non-hydrogen) atoms. The highest BCUT2D eigenvalue weighted by Gasteiger charge is 2.19. The first-order valence-electron chi connectivity index (χ1n) is 18.3. The summed E-state index contributed by atoms with van der Waals surface area (Å²) in [6.45, 7) is 0. The second kappa shape index (κ2) is 11.9. The molecule has 258 valence electrons. The molecule has 0 aliphatic rings. The number of hydrogen-bond acceptors (Lipinski definition) is 6. The van der Waals surface area contributed by atoms with Crippen molar-refractivity contribution in [3.8, 4) is 21.7 Å². The molecule has 0 amide bonds. The fraction of sp³-hybridized carbons (Fsp3) is 0. The molecule has 4 nitrogen and oxygen atoms in total. The smallest absolute Gasteiger partial charge is 0.137 e. The Morgan fingerprint density at radius 2 is 1.00 bits per heavy atom. The predicted molar refractivity (Wildman–Crippen MR) is 233 cm³/mol. The van der Waals surface area contributed by atoms with Crippen molar-refractivity contribution in [2.45, 2.75) is 0 Å². The SMILES string of the molecule is c1ccc(-c2nc3c(ccc4sc5ccc(-c6ccc(N(c7ccc8c(c7)oc7ccccc78)c7ccc8oc9ccccc9c8c7)cc6)cc5c43)s2)cc1. The van der Waals surface area contributed by atoms with Gasteiger partial charge in [0.15, 0.2) is 0 Å². The Labute approximate surface area is 322 Å².